The first-order chi connectivity index (χ1) is 11.5. The third-order valence-electron chi connectivity index (χ3n) is 4.07. The summed E-state index contributed by atoms with van der Waals surface area (Å²) in [6.07, 6.45) is 1.11. The lowest BCUT2D eigenvalue weighted by Crippen LogP contribution is -2.23. The second-order valence-electron chi connectivity index (χ2n) is 5.76. The minimum Gasteiger partial charge on any atom is -0.486 e. The van der Waals surface area contributed by atoms with Gasteiger partial charge in [-0.3, -0.25) is 14.9 Å². The second kappa shape index (κ2) is 6.70. The van der Waals surface area contributed by atoms with Gasteiger partial charge >= 0.3 is 0 Å². The molecule has 1 aliphatic heterocycles. The van der Waals surface area contributed by atoms with E-state index in [0.29, 0.717) is 12.2 Å². The molecule has 0 spiro atoms. The van der Waals surface area contributed by atoms with E-state index in [1.54, 1.807) is 17.0 Å². The maximum atomic E-state index is 11.9. The highest BCUT2D eigenvalue weighted by atomic mass is 16.6. The number of ether oxygens (including phenoxy) is 1. The van der Waals surface area contributed by atoms with Crippen molar-refractivity contribution in [1.82, 2.24) is 0 Å². The van der Waals surface area contributed by atoms with Crippen molar-refractivity contribution >= 4 is 17.3 Å². The van der Waals surface area contributed by atoms with E-state index in [4.69, 9.17) is 4.74 Å². The topological polar surface area (TPSA) is 72.7 Å². The molecule has 0 N–H and O–H groups in total. The van der Waals surface area contributed by atoms with Gasteiger partial charge in [0.2, 0.25) is 5.91 Å². The Labute approximate surface area is 139 Å². The molecule has 3 rings (SSSR count). The van der Waals surface area contributed by atoms with Gasteiger partial charge in [-0.05, 0) is 31.0 Å². The summed E-state index contributed by atoms with van der Waals surface area (Å²) in [5, 5.41) is 10.9. The van der Waals surface area contributed by atoms with E-state index in [-0.39, 0.29) is 17.7 Å². The van der Waals surface area contributed by atoms with Gasteiger partial charge in [0.25, 0.3) is 5.69 Å². The fraction of sp³-hybridized carbons (Fsp3) is 0.278. The third kappa shape index (κ3) is 3.37. The Kier molecular flexibility index (Phi) is 4.46. The minimum absolute atomic E-state index is 0.0411. The Morgan fingerprint density at radius 1 is 1.21 bits per heavy atom. The van der Waals surface area contributed by atoms with Crippen molar-refractivity contribution in [2.75, 3.05) is 11.4 Å². The number of benzene rings is 2. The van der Waals surface area contributed by atoms with E-state index in [0.717, 1.165) is 24.2 Å². The molecule has 0 bridgehead atoms. The number of nitro benzene ring substituents is 1. The van der Waals surface area contributed by atoms with Crippen LogP contribution in [0.3, 0.4) is 0 Å². The molecule has 0 unspecified atom stereocenters. The fourth-order valence-corrected chi connectivity index (χ4v) is 2.81. The van der Waals surface area contributed by atoms with Gasteiger partial charge in [-0.25, -0.2) is 0 Å². The molecule has 1 heterocycles. The zero-order valence-electron chi connectivity index (χ0n) is 13.3. The van der Waals surface area contributed by atoms with Crippen molar-refractivity contribution in [3.8, 4) is 5.75 Å². The molecule has 0 aliphatic carbocycles. The monoisotopic (exact) mass is 326 g/mol. The van der Waals surface area contributed by atoms with E-state index in [1.807, 2.05) is 31.2 Å². The van der Waals surface area contributed by atoms with Crippen LogP contribution in [0.1, 0.15) is 31.4 Å². The Bertz CT molecular complexity index is 775. The van der Waals surface area contributed by atoms with E-state index >= 15 is 0 Å². The van der Waals surface area contributed by atoms with Gasteiger partial charge in [-0.1, -0.05) is 18.2 Å². The highest BCUT2D eigenvalue weighted by Crippen LogP contribution is 2.29. The Morgan fingerprint density at radius 2 is 2.00 bits per heavy atom. The van der Waals surface area contributed by atoms with E-state index in [9.17, 15) is 14.9 Å². The lowest BCUT2D eigenvalue weighted by Gasteiger charge is -2.19. The number of anilines is 1. The number of carbonyl (C=O) groups is 1. The van der Waals surface area contributed by atoms with Crippen molar-refractivity contribution in [2.45, 2.75) is 25.9 Å². The van der Waals surface area contributed by atoms with E-state index in [1.165, 1.54) is 12.1 Å². The smallest absolute Gasteiger partial charge is 0.269 e. The van der Waals surface area contributed by atoms with Crippen molar-refractivity contribution in [3.05, 3.63) is 64.2 Å². The van der Waals surface area contributed by atoms with Gasteiger partial charge in [0.15, 0.2) is 0 Å². The Balaban J connectivity index is 1.77. The Hall–Kier alpha value is -2.89. The molecule has 24 heavy (non-hydrogen) atoms. The van der Waals surface area contributed by atoms with Gasteiger partial charge < -0.3 is 9.64 Å². The van der Waals surface area contributed by atoms with Crippen molar-refractivity contribution in [1.29, 1.82) is 0 Å². The van der Waals surface area contributed by atoms with Crippen LogP contribution in [0.4, 0.5) is 11.4 Å². The number of rotatable bonds is 5. The summed E-state index contributed by atoms with van der Waals surface area (Å²) < 4.78 is 5.91. The van der Waals surface area contributed by atoms with Crippen LogP contribution < -0.4 is 9.64 Å². The summed E-state index contributed by atoms with van der Waals surface area (Å²) in [7, 11) is 0. The predicted octanol–water partition coefficient (Wildman–Crippen LogP) is 3.86. The van der Waals surface area contributed by atoms with Crippen LogP contribution >= 0.6 is 0 Å². The van der Waals surface area contributed by atoms with Crippen LogP contribution in [0.2, 0.25) is 0 Å². The lowest BCUT2D eigenvalue weighted by molar-refractivity contribution is -0.385. The Morgan fingerprint density at radius 3 is 2.71 bits per heavy atom. The summed E-state index contributed by atoms with van der Waals surface area (Å²) in [4.78, 5) is 24.1. The molecule has 0 radical (unpaired) electrons. The molecule has 2 aromatic rings. The molecular weight excluding hydrogens is 308 g/mol. The van der Waals surface area contributed by atoms with E-state index in [2.05, 4.69) is 0 Å². The highest BCUT2D eigenvalue weighted by molar-refractivity contribution is 5.95. The van der Waals surface area contributed by atoms with Crippen LogP contribution in [0, 0.1) is 10.1 Å². The molecular formula is C18H18N2O4. The maximum Gasteiger partial charge on any atom is 0.269 e. The average Bonchev–Trinajstić information content (AvgIpc) is 3.01. The summed E-state index contributed by atoms with van der Waals surface area (Å²) in [5.41, 5.74) is 1.59. The molecule has 1 saturated heterocycles. The first kappa shape index (κ1) is 16.0. The zero-order chi connectivity index (χ0) is 17.1. The van der Waals surface area contributed by atoms with Gasteiger partial charge in [0, 0.05) is 36.9 Å². The molecule has 6 nitrogen and oxygen atoms in total. The number of nitrogens with zero attached hydrogens (tertiary/aromatic N) is 2. The summed E-state index contributed by atoms with van der Waals surface area (Å²) >= 11 is 0. The standard InChI is InChI=1S/C18H18N2O4/c1-13(14-5-2-7-16(11-14)20(22)23)24-17-8-3-6-15(12-17)19-10-4-9-18(19)21/h2-3,5-8,11-13H,4,9-10H2,1H3/t13-/m0/s1. The number of nitro groups is 1. The van der Waals surface area contributed by atoms with Crippen LogP contribution in [0.25, 0.3) is 0 Å². The number of amides is 1. The number of carbonyl (C=O) groups excluding carboxylic acids is 1. The molecule has 1 aliphatic rings. The number of hydrogen-bond donors (Lipinski definition) is 0. The molecule has 0 aromatic heterocycles. The van der Waals surface area contributed by atoms with Crippen molar-refractivity contribution in [2.24, 2.45) is 0 Å². The maximum absolute atomic E-state index is 11.9. The largest absolute Gasteiger partial charge is 0.486 e. The molecule has 1 atom stereocenters. The second-order valence-corrected chi connectivity index (χ2v) is 5.76. The third-order valence-corrected chi connectivity index (χ3v) is 4.07. The fourth-order valence-electron chi connectivity index (χ4n) is 2.81. The first-order valence-electron chi connectivity index (χ1n) is 7.86. The molecule has 6 heteroatoms. The van der Waals surface area contributed by atoms with Crippen molar-refractivity contribution < 1.29 is 14.5 Å². The quantitative estimate of drug-likeness (QED) is 0.618. The zero-order valence-corrected chi connectivity index (χ0v) is 13.3. The summed E-state index contributed by atoms with van der Waals surface area (Å²) in [6.45, 7) is 2.56. The van der Waals surface area contributed by atoms with Gasteiger partial charge in [0.05, 0.1) is 4.92 Å². The number of non-ortho nitro benzene ring substituents is 1. The normalized spacial score (nSPS) is 15.4. The molecule has 1 amide bonds. The average molecular weight is 326 g/mol. The molecule has 1 fully saturated rings. The summed E-state index contributed by atoms with van der Waals surface area (Å²) in [5.74, 6) is 0.755. The number of hydrogen-bond acceptors (Lipinski definition) is 4. The SMILES string of the molecule is C[C@H](Oc1cccc(N2CCCC2=O)c1)c1cccc([N+](=O)[O-])c1. The minimum atomic E-state index is -0.421. The molecule has 124 valence electrons. The van der Waals surface area contributed by atoms with Crippen LogP contribution in [0.5, 0.6) is 5.75 Å². The lowest BCUT2D eigenvalue weighted by atomic mass is 10.1. The summed E-state index contributed by atoms with van der Waals surface area (Å²) in [6, 6.07) is 13.8. The van der Waals surface area contributed by atoms with Crippen LogP contribution in [0.15, 0.2) is 48.5 Å². The van der Waals surface area contributed by atoms with Gasteiger partial charge in [-0.2, -0.15) is 0 Å². The van der Waals surface area contributed by atoms with E-state index < -0.39 is 4.92 Å². The van der Waals surface area contributed by atoms with Crippen LogP contribution in [-0.2, 0) is 4.79 Å². The van der Waals surface area contributed by atoms with Gasteiger partial charge in [-0.15, -0.1) is 0 Å². The van der Waals surface area contributed by atoms with Gasteiger partial charge in [0.1, 0.15) is 11.9 Å². The van der Waals surface area contributed by atoms with Crippen LogP contribution in [-0.4, -0.2) is 17.4 Å². The van der Waals surface area contributed by atoms with Crippen molar-refractivity contribution in [3.63, 3.8) is 0 Å². The molecule has 2 aromatic carbocycles. The first-order valence-corrected chi connectivity index (χ1v) is 7.86. The highest BCUT2D eigenvalue weighted by Gasteiger charge is 2.22. The predicted molar refractivity (Wildman–Crippen MR) is 90.2 cm³/mol. The molecule has 0 saturated carbocycles.